The lowest BCUT2D eigenvalue weighted by molar-refractivity contribution is 0.189. The van der Waals surface area contributed by atoms with Gasteiger partial charge in [0, 0.05) is 17.4 Å². The molecular weight excluding hydrogens is 417 g/mol. The van der Waals surface area contributed by atoms with Crippen LogP contribution in [0.5, 0.6) is 5.75 Å². The Kier molecular flexibility index (Phi) is 5.61. The monoisotopic (exact) mass is 437 g/mol. The fraction of sp³-hybridized carbons (Fsp3) is 0.125. The van der Waals surface area contributed by atoms with Gasteiger partial charge in [-0.15, -0.1) is 0 Å². The molecule has 4 rings (SSSR count). The first-order valence-electron chi connectivity index (χ1n) is 9.60. The molecule has 0 aliphatic heterocycles. The van der Waals surface area contributed by atoms with Gasteiger partial charge in [-0.2, -0.15) is 0 Å². The van der Waals surface area contributed by atoms with E-state index in [1.165, 1.54) is 30.5 Å². The zero-order valence-corrected chi connectivity index (χ0v) is 17.8. The van der Waals surface area contributed by atoms with Gasteiger partial charge in [-0.25, -0.2) is 17.8 Å². The molecule has 0 fully saturated rings. The molecule has 158 valence electrons. The average molecular weight is 437 g/mol. The summed E-state index contributed by atoms with van der Waals surface area (Å²) in [5, 5.41) is 0. The van der Waals surface area contributed by atoms with Crippen molar-refractivity contribution in [3.05, 3.63) is 90.6 Å². The largest absolute Gasteiger partial charge is 0.481 e. The van der Waals surface area contributed by atoms with Crippen LogP contribution < -0.4 is 4.74 Å². The van der Waals surface area contributed by atoms with Gasteiger partial charge in [0.05, 0.1) is 4.90 Å². The SMILES string of the molecule is CC(Oc1ccc(F)cc1)c1nc(-c2ccccc2)c(-c2ccc(S(C)(=O)=O)cc2)o1. The molecule has 0 spiro atoms. The summed E-state index contributed by atoms with van der Waals surface area (Å²) in [5.41, 5.74) is 2.17. The third-order valence-corrected chi connectivity index (χ3v) is 5.84. The van der Waals surface area contributed by atoms with Gasteiger partial charge < -0.3 is 9.15 Å². The molecule has 3 aromatic carbocycles. The predicted octanol–water partition coefficient (Wildman–Crippen LogP) is 5.69. The Balaban J connectivity index is 1.73. The van der Waals surface area contributed by atoms with E-state index in [0.29, 0.717) is 28.7 Å². The van der Waals surface area contributed by atoms with Gasteiger partial charge >= 0.3 is 0 Å². The van der Waals surface area contributed by atoms with Gasteiger partial charge in [-0.1, -0.05) is 30.3 Å². The van der Waals surface area contributed by atoms with Crippen LogP contribution in [-0.4, -0.2) is 19.7 Å². The Morgan fingerprint density at radius 3 is 2.16 bits per heavy atom. The maximum absolute atomic E-state index is 13.2. The quantitative estimate of drug-likeness (QED) is 0.387. The highest BCUT2D eigenvalue weighted by atomic mass is 32.2. The second-order valence-electron chi connectivity index (χ2n) is 7.11. The Morgan fingerprint density at radius 1 is 0.903 bits per heavy atom. The summed E-state index contributed by atoms with van der Waals surface area (Å²) in [7, 11) is -3.30. The lowest BCUT2D eigenvalue weighted by Crippen LogP contribution is -2.03. The number of hydrogen-bond acceptors (Lipinski definition) is 5. The first-order valence-corrected chi connectivity index (χ1v) is 11.5. The zero-order valence-electron chi connectivity index (χ0n) is 16.9. The summed E-state index contributed by atoms with van der Waals surface area (Å²) in [5.74, 6) is 1.01. The van der Waals surface area contributed by atoms with Crippen molar-refractivity contribution < 1.29 is 22.0 Å². The number of hydrogen-bond donors (Lipinski definition) is 0. The maximum atomic E-state index is 13.2. The number of halogens is 1. The molecule has 0 saturated heterocycles. The standard InChI is InChI=1S/C24H20FNO4S/c1-16(29-20-12-10-19(25)11-13-20)24-26-22(17-6-4-3-5-7-17)23(30-24)18-8-14-21(15-9-18)31(2,27)28/h3-16H,1-2H3. The number of rotatable bonds is 6. The highest BCUT2D eigenvalue weighted by molar-refractivity contribution is 7.90. The second kappa shape index (κ2) is 8.35. The van der Waals surface area contributed by atoms with Crippen molar-refractivity contribution in [1.82, 2.24) is 4.98 Å². The molecule has 31 heavy (non-hydrogen) atoms. The fourth-order valence-corrected chi connectivity index (χ4v) is 3.75. The molecule has 1 unspecified atom stereocenters. The smallest absolute Gasteiger partial charge is 0.236 e. The minimum atomic E-state index is -3.30. The van der Waals surface area contributed by atoms with Crippen molar-refractivity contribution in [2.24, 2.45) is 0 Å². The lowest BCUT2D eigenvalue weighted by Gasteiger charge is -2.11. The van der Waals surface area contributed by atoms with Gasteiger partial charge in [0.15, 0.2) is 21.7 Å². The lowest BCUT2D eigenvalue weighted by atomic mass is 10.1. The van der Waals surface area contributed by atoms with Crippen LogP contribution in [0, 0.1) is 5.82 Å². The van der Waals surface area contributed by atoms with Crippen LogP contribution >= 0.6 is 0 Å². The molecular formula is C24H20FNO4S. The molecule has 0 saturated carbocycles. The van der Waals surface area contributed by atoms with Gasteiger partial charge in [-0.3, -0.25) is 0 Å². The highest BCUT2D eigenvalue weighted by Gasteiger charge is 2.22. The third-order valence-electron chi connectivity index (χ3n) is 4.71. The van der Waals surface area contributed by atoms with Crippen molar-refractivity contribution in [3.8, 4) is 28.3 Å². The number of sulfone groups is 1. The van der Waals surface area contributed by atoms with E-state index in [-0.39, 0.29) is 10.7 Å². The second-order valence-corrected chi connectivity index (χ2v) is 9.12. The maximum Gasteiger partial charge on any atom is 0.236 e. The van der Waals surface area contributed by atoms with Gasteiger partial charge in [-0.05, 0) is 55.5 Å². The van der Waals surface area contributed by atoms with Crippen molar-refractivity contribution >= 4 is 9.84 Å². The first-order chi connectivity index (χ1) is 14.8. The van der Waals surface area contributed by atoms with E-state index in [4.69, 9.17) is 9.15 Å². The highest BCUT2D eigenvalue weighted by Crippen LogP contribution is 2.35. The van der Waals surface area contributed by atoms with Crippen LogP contribution in [0.3, 0.4) is 0 Å². The fourth-order valence-electron chi connectivity index (χ4n) is 3.12. The summed E-state index contributed by atoms with van der Waals surface area (Å²) in [6, 6.07) is 21.7. The molecule has 0 aliphatic rings. The van der Waals surface area contributed by atoms with Gasteiger partial charge in [0.1, 0.15) is 17.3 Å². The molecule has 1 heterocycles. The minimum absolute atomic E-state index is 0.227. The number of nitrogens with zero attached hydrogens (tertiary/aromatic N) is 1. The van der Waals surface area contributed by atoms with E-state index in [1.54, 1.807) is 31.2 Å². The Bertz CT molecular complexity index is 1280. The van der Waals surface area contributed by atoms with E-state index in [2.05, 4.69) is 4.98 Å². The topological polar surface area (TPSA) is 69.4 Å². The Hall–Kier alpha value is -3.45. The number of benzene rings is 3. The number of aromatic nitrogens is 1. The summed E-state index contributed by atoms with van der Waals surface area (Å²) < 4.78 is 48.7. The molecule has 1 aromatic heterocycles. The minimum Gasteiger partial charge on any atom is -0.481 e. The predicted molar refractivity (Wildman–Crippen MR) is 116 cm³/mol. The van der Waals surface area contributed by atoms with Crippen molar-refractivity contribution in [1.29, 1.82) is 0 Å². The van der Waals surface area contributed by atoms with Gasteiger partial charge in [0.2, 0.25) is 5.89 Å². The summed E-state index contributed by atoms with van der Waals surface area (Å²) in [6.07, 6.45) is 0.635. The van der Waals surface area contributed by atoms with Crippen molar-refractivity contribution in [3.63, 3.8) is 0 Å². The molecule has 0 amide bonds. The van der Waals surface area contributed by atoms with E-state index in [0.717, 1.165) is 5.56 Å². The normalized spacial score (nSPS) is 12.5. The first kappa shape index (κ1) is 20.8. The van der Waals surface area contributed by atoms with Crippen LogP contribution in [0.2, 0.25) is 0 Å². The molecule has 1 atom stereocenters. The molecule has 4 aromatic rings. The van der Waals surface area contributed by atoms with Crippen LogP contribution in [0.1, 0.15) is 18.9 Å². The summed E-state index contributed by atoms with van der Waals surface area (Å²) in [4.78, 5) is 4.88. The molecule has 7 heteroatoms. The van der Waals surface area contributed by atoms with Crippen LogP contribution in [0.4, 0.5) is 4.39 Å². The van der Waals surface area contributed by atoms with E-state index >= 15 is 0 Å². The van der Waals surface area contributed by atoms with E-state index in [9.17, 15) is 12.8 Å². The zero-order chi connectivity index (χ0) is 22.0. The third kappa shape index (κ3) is 4.67. The number of ether oxygens (including phenoxy) is 1. The van der Waals surface area contributed by atoms with E-state index in [1.807, 2.05) is 30.3 Å². The molecule has 0 aliphatic carbocycles. The molecule has 0 bridgehead atoms. The Labute approximate surface area is 180 Å². The van der Waals surface area contributed by atoms with Crippen molar-refractivity contribution in [2.45, 2.75) is 17.9 Å². The van der Waals surface area contributed by atoms with Crippen molar-refractivity contribution in [2.75, 3.05) is 6.26 Å². The Morgan fingerprint density at radius 2 is 1.55 bits per heavy atom. The van der Waals surface area contributed by atoms with Crippen LogP contribution in [0.25, 0.3) is 22.6 Å². The van der Waals surface area contributed by atoms with Gasteiger partial charge in [0.25, 0.3) is 0 Å². The van der Waals surface area contributed by atoms with E-state index < -0.39 is 15.9 Å². The number of oxazole rings is 1. The average Bonchev–Trinajstić information content (AvgIpc) is 3.21. The summed E-state index contributed by atoms with van der Waals surface area (Å²) in [6.45, 7) is 1.79. The molecule has 0 radical (unpaired) electrons. The molecule has 5 nitrogen and oxygen atoms in total. The van der Waals surface area contributed by atoms with Crippen LogP contribution in [-0.2, 0) is 9.84 Å². The summed E-state index contributed by atoms with van der Waals surface area (Å²) >= 11 is 0. The van der Waals surface area contributed by atoms with Crippen LogP contribution in [0.15, 0.2) is 88.2 Å². The molecule has 0 N–H and O–H groups in total.